The van der Waals surface area contributed by atoms with Crippen molar-refractivity contribution in [3.05, 3.63) is 34.1 Å². The van der Waals surface area contributed by atoms with Gasteiger partial charge in [0.15, 0.2) is 0 Å². The molecule has 3 nitrogen and oxygen atoms in total. The fourth-order valence-corrected chi connectivity index (χ4v) is 2.74. The Kier molecular flexibility index (Phi) is 4.02. The van der Waals surface area contributed by atoms with Crippen molar-refractivity contribution in [2.45, 2.75) is 31.8 Å². The average Bonchev–Trinajstić information content (AvgIpc) is 2.31. The largest absolute Gasteiger partial charge is 0.336 e. The second-order valence-electron chi connectivity index (χ2n) is 4.76. The fraction of sp³-hybridized carbons (Fsp3) is 0.462. The Labute approximate surface area is 114 Å². The summed E-state index contributed by atoms with van der Waals surface area (Å²) in [5.74, 6) is -0.538. The van der Waals surface area contributed by atoms with Crippen LogP contribution in [-0.4, -0.2) is 29.4 Å². The fourth-order valence-electron chi connectivity index (χ4n) is 2.33. The zero-order chi connectivity index (χ0) is 13.3. The summed E-state index contributed by atoms with van der Waals surface area (Å²) in [6.07, 6.45) is 1.59. The van der Waals surface area contributed by atoms with Gasteiger partial charge >= 0.3 is 0 Å². The van der Waals surface area contributed by atoms with E-state index < -0.39 is 5.82 Å². The lowest BCUT2D eigenvalue weighted by molar-refractivity contribution is 0.0617. The Morgan fingerprint density at radius 2 is 2.28 bits per heavy atom. The van der Waals surface area contributed by atoms with Gasteiger partial charge in [-0.15, -0.1) is 0 Å². The normalized spacial score (nSPS) is 24.1. The van der Waals surface area contributed by atoms with E-state index in [9.17, 15) is 9.18 Å². The molecule has 0 unspecified atom stereocenters. The summed E-state index contributed by atoms with van der Waals surface area (Å²) >= 11 is 3.29. The SMILES string of the molecule is C[C@@H]1C[C@@H](N)CCN1C(=O)c1cc(F)ccc1Br. The Bertz CT molecular complexity index is 466. The summed E-state index contributed by atoms with van der Waals surface area (Å²) in [5.41, 5.74) is 6.25. The molecule has 1 fully saturated rings. The standard InChI is InChI=1S/C13H16BrFN2O/c1-8-6-10(16)4-5-17(8)13(18)11-7-9(15)2-3-12(11)14/h2-3,7-8,10H,4-6,16H2,1H3/t8-,10+/m1/s1. The van der Waals surface area contributed by atoms with Crippen molar-refractivity contribution in [2.75, 3.05) is 6.54 Å². The Morgan fingerprint density at radius 3 is 2.94 bits per heavy atom. The summed E-state index contributed by atoms with van der Waals surface area (Å²) in [4.78, 5) is 14.1. The van der Waals surface area contributed by atoms with Crippen LogP contribution in [0.25, 0.3) is 0 Å². The van der Waals surface area contributed by atoms with Crippen molar-refractivity contribution in [3.63, 3.8) is 0 Å². The number of amides is 1. The summed E-state index contributed by atoms with van der Waals surface area (Å²) < 4.78 is 13.8. The number of likely N-dealkylation sites (tertiary alicyclic amines) is 1. The molecule has 1 heterocycles. The first kappa shape index (κ1) is 13.5. The van der Waals surface area contributed by atoms with Gasteiger partial charge in [-0.3, -0.25) is 4.79 Å². The minimum atomic E-state index is -0.400. The van der Waals surface area contributed by atoms with Gasteiger partial charge in [0.05, 0.1) is 5.56 Å². The van der Waals surface area contributed by atoms with Crippen LogP contribution < -0.4 is 5.73 Å². The molecule has 0 aromatic heterocycles. The molecule has 2 atom stereocenters. The predicted molar refractivity (Wildman–Crippen MR) is 71.8 cm³/mol. The maximum absolute atomic E-state index is 13.2. The van der Waals surface area contributed by atoms with E-state index in [1.165, 1.54) is 12.1 Å². The lowest BCUT2D eigenvalue weighted by Gasteiger charge is -2.36. The van der Waals surface area contributed by atoms with Gasteiger partial charge in [0.1, 0.15) is 5.82 Å². The molecular formula is C13H16BrFN2O. The van der Waals surface area contributed by atoms with E-state index in [0.29, 0.717) is 16.6 Å². The van der Waals surface area contributed by atoms with Crippen molar-refractivity contribution >= 4 is 21.8 Å². The number of halogens is 2. The van der Waals surface area contributed by atoms with Gasteiger partial charge in [-0.05, 0) is 53.9 Å². The maximum Gasteiger partial charge on any atom is 0.255 e. The number of carbonyl (C=O) groups is 1. The Hall–Kier alpha value is -0.940. The average molecular weight is 315 g/mol. The zero-order valence-corrected chi connectivity index (χ0v) is 11.8. The smallest absolute Gasteiger partial charge is 0.255 e. The number of hydrogen-bond acceptors (Lipinski definition) is 2. The molecule has 0 radical (unpaired) electrons. The van der Waals surface area contributed by atoms with Gasteiger partial charge in [0.25, 0.3) is 5.91 Å². The number of benzene rings is 1. The quantitative estimate of drug-likeness (QED) is 0.866. The third-order valence-electron chi connectivity index (χ3n) is 3.34. The minimum Gasteiger partial charge on any atom is -0.336 e. The number of nitrogens with zero attached hydrogens (tertiary/aromatic N) is 1. The molecule has 18 heavy (non-hydrogen) atoms. The molecule has 0 saturated carbocycles. The first-order valence-corrected chi connectivity index (χ1v) is 6.80. The Balaban J connectivity index is 2.23. The molecule has 2 rings (SSSR count). The highest BCUT2D eigenvalue weighted by atomic mass is 79.9. The highest BCUT2D eigenvalue weighted by molar-refractivity contribution is 9.10. The number of rotatable bonds is 1. The van der Waals surface area contributed by atoms with Crippen molar-refractivity contribution in [2.24, 2.45) is 5.73 Å². The third-order valence-corrected chi connectivity index (χ3v) is 4.03. The summed E-state index contributed by atoms with van der Waals surface area (Å²) in [7, 11) is 0. The molecule has 0 bridgehead atoms. The minimum absolute atomic E-state index is 0.0939. The van der Waals surface area contributed by atoms with Gasteiger partial charge in [0.2, 0.25) is 0 Å². The van der Waals surface area contributed by atoms with E-state index in [2.05, 4.69) is 15.9 Å². The van der Waals surface area contributed by atoms with Gasteiger partial charge in [-0.2, -0.15) is 0 Å². The van der Waals surface area contributed by atoms with Crippen LogP contribution in [0.4, 0.5) is 4.39 Å². The molecule has 0 spiro atoms. The van der Waals surface area contributed by atoms with E-state index in [1.54, 1.807) is 11.0 Å². The molecule has 1 aromatic rings. The van der Waals surface area contributed by atoms with Gasteiger partial charge < -0.3 is 10.6 Å². The monoisotopic (exact) mass is 314 g/mol. The van der Waals surface area contributed by atoms with E-state index >= 15 is 0 Å². The number of carbonyl (C=O) groups excluding carboxylic acids is 1. The summed E-state index contributed by atoms with van der Waals surface area (Å²) in [6, 6.07) is 4.41. The van der Waals surface area contributed by atoms with Crippen LogP contribution in [0, 0.1) is 5.82 Å². The second kappa shape index (κ2) is 5.36. The molecule has 1 aliphatic heterocycles. The van der Waals surface area contributed by atoms with Crippen LogP contribution in [0.5, 0.6) is 0 Å². The molecule has 5 heteroatoms. The molecule has 1 aromatic carbocycles. The molecule has 2 N–H and O–H groups in total. The van der Waals surface area contributed by atoms with Crippen molar-refractivity contribution < 1.29 is 9.18 Å². The van der Waals surface area contributed by atoms with Crippen molar-refractivity contribution in [1.29, 1.82) is 0 Å². The summed E-state index contributed by atoms with van der Waals surface area (Å²) in [5, 5.41) is 0. The third kappa shape index (κ3) is 2.72. The molecule has 98 valence electrons. The van der Waals surface area contributed by atoms with Crippen molar-refractivity contribution in [3.8, 4) is 0 Å². The van der Waals surface area contributed by atoms with E-state index in [-0.39, 0.29) is 18.0 Å². The van der Waals surface area contributed by atoms with Gasteiger partial charge in [-0.25, -0.2) is 4.39 Å². The number of nitrogens with two attached hydrogens (primary N) is 1. The second-order valence-corrected chi connectivity index (χ2v) is 5.61. The lowest BCUT2D eigenvalue weighted by Crippen LogP contribution is -2.48. The molecule has 0 aliphatic carbocycles. The predicted octanol–water partition coefficient (Wildman–Crippen LogP) is 2.54. The van der Waals surface area contributed by atoms with E-state index in [4.69, 9.17) is 5.73 Å². The van der Waals surface area contributed by atoms with Crippen LogP contribution in [0.1, 0.15) is 30.1 Å². The highest BCUT2D eigenvalue weighted by Crippen LogP contribution is 2.23. The molecule has 1 amide bonds. The first-order valence-electron chi connectivity index (χ1n) is 6.00. The van der Waals surface area contributed by atoms with Gasteiger partial charge in [0, 0.05) is 23.1 Å². The number of piperidine rings is 1. The molecular weight excluding hydrogens is 299 g/mol. The van der Waals surface area contributed by atoms with Crippen molar-refractivity contribution in [1.82, 2.24) is 4.90 Å². The van der Waals surface area contributed by atoms with Crippen LogP contribution in [0.15, 0.2) is 22.7 Å². The van der Waals surface area contributed by atoms with Crippen LogP contribution in [-0.2, 0) is 0 Å². The highest BCUT2D eigenvalue weighted by Gasteiger charge is 2.28. The van der Waals surface area contributed by atoms with E-state index in [0.717, 1.165) is 12.8 Å². The molecule has 1 aliphatic rings. The Morgan fingerprint density at radius 1 is 1.56 bits per heavy atom. The number of hydrogen-bond donors (Lipinski definition) is 1. The first-order chi connectivity index (χ1) is 8.49. The topological polar surface area (TPSA) is 46.3 Å². The van der Waals surface area contributed by atoms with Crippen LogP contribution in [0.2, 0.25) is 0 Å². The van der Waals surface area contributed by atoms with Crippen LogP contribution in [0.3, 0.4) is 0 Å². The molecule has 1 saturated heterocycles. The lowest BCUT2D eigenvalue weighted by atomic mass is 9.98. The summed E-state index contributed by atoms with van der Waals surface area (Å²) in [6.45, 7) is 2.61. The van der Waals surface area contributed by atoms with Gasteiger partial charge in [-0.1, -0.05) is 0 Å². The zero-order valence-electron chi connectivity index (χ0n) is 10.2. The maximum atomic E-state index is 13.2. The van der Waals surface area contributed by atoms with Crippen LogP contribution >= 0.6 is 15.9 Å². The van der Waals surface area contributed by atoms with E-state index in [1.807, 2.05) is 6.92 Å².